The lowest BCUT2D eigenvalue weighted by atomic mass is 10.1. The second kappa shape index (κ2) is 8.93. The lowest BCUT2D eigenvalue weighted by Gasteiger charge is -2.37. The molecule has 0 saturated heterocycles. The van der Waals surface area contributed by atoms with Crippen molar-refractivity contribution in [1.82, 2.24) is 0 Å². The van der Waals surface area contributed by atoms with E-state index in [1.165, 1.54) is 7.11 Å². The van der Waals surface area contributed by atoms with Gasteiger partial charge in [0.15, 0.2) is 18.1 Å². The van der Waals surface area contributed by atoms with Crippen molar-refractivity contribution in [2.24, 2.45) is 0 Å². The summed E-state index contributed by atoms with van der Waals surface area (Å²) < 4.78 is 11.1. The van der Waals surface area contributed by atoms with Crippen LogP contribution < -0.4 is 14.4 Å². The molecule has 0 fully saturated rings. The minimum Gasteiger partial charge on any atom is -0.493 e. The van der Waals surface area contributed by atoms with Gasteiger partial charge in [0.2, 0.25) is 0 Å². The number of hydrogen-bond donors (Lipinski definition) is 0. The quantitative estimate of drug-likeness (QED) is 0.596. The molecular formula is C24H20N2O3S. The van der Waals surface area contributed by atoms with E-state index in [4.69, 9.17) is 14.7 Å². The van der Waals surface area contributed by atoms with Gasteiger partial charge in [-0.1, -0.05) is 42.5 Å². The molecular weight excluding hydrogens is 396 g/mol. The monoisotopic (exact) mass is 416 g/mol. The molecule has 1 aliphatic heterocycles. The van der Waals surface area contributed by atoms with Crippen LogP contribution in [0.25, 0.3) is 0 Å². The molecule has 6 heteroatoms. The largest absolute Gasteiger partial charge is 0.493 e. The van der Waals surface area contributed by atoms with Gasteiger partial charge in [-0.05, 0) is 29.8 Å². The molecule has 30 heavy (non-hydrogen) atoms. The van der Waals surface area contributed by atoms with Gasteiger partial charge >= 0.3 is 0 Å². The number of nitrogens with zero attached hydrogens (tertiary/aromatic N) is 2. The van der Waals surface area contributed by atoms with Crippen molar-refractivity contribution in [2.75, 3.05) is 24.4 Å². The number of para-hydroxylation sites is 1. The number of carbonyl (C=O) groups excluding carboxylic acids is 1. The van der Waals surface area contributed by atoms with Crippen molar-refractivity contribution in [2.45, 2.75) is 10.9 Å². The SMILES string of the molecule is COc1cc(C#N)ccc1OCC(=O)N1c2ccccc2SCC1c1ccccc1. The number of ether oxygens (including phenoxy) is 2. The van der Waals surface area contributed by atoms with E-state index in [-0.39, 0.29) is 18.6 Å². The molecule has 0 spiro atoms. The van der Waals surface area contributed by atoms with Crippen LogP contribution in [0.4, 0.5) is 5.69 Å². The second-order valence-electron chi connectivity index (χ2n) is 6.74. The van der Waals surface area contributed by atoms with Crippen LogP contribution in [0.5, 0.6) is 11.5 Å². The van der Waals surface area contributed by atoms with E-state index in [0.29, 0.717) is 17.1 Å². The van der Waals surface area contributed by atoms with E-state index in [2.05, 4.69) is 6.07 Å². The summed E-state index contributed by atoms with van der Waals surface area (Å²) in [6, 6.07) is 24.8. The van der Waals surface area contributed by atoms with Gasteiger partial charge in [-0.3, -0.25) is 9.69 Å². The summed E-state index contributed by atoms with van der Waals surface area (Å²) in [5, 5.41) is 9.06. The number of fused-ring (bicyclic) bond motifs is 1. The van der Waals surface area contributed by atoms with E-state index in [0.717, 1.165) is 21.9 Å². The molecule has 0 bridgehead atoms. The highest BCUT2D eigenvalue weighted by molar-refractivity contribution is 7.99. The maximum absolute atomic E-state index is 13.3. The number of hydrogen-bond acceptors (Lipinski definition) is 5. The van der Waals surface area contributed by atoms with Crippen molar-refractivity contribution in [3.05, 3.63) is 83.9 Å². The minimum absolute atomic E-state index is 0.0786. The van der Waals surface area contributed by atoms with E-state index >= 15 is 0 Å². The van der Waals surface area contributed by atoms with Crippen LogP contribution in [0, 0.1) is 11.3 Å². The maximum Gasteiger partial charge on any atom is 0.265 e. The van der Waals surface area contributed by atoms with Crippen molar-refractivity contribution in [1.29, 1.82) is 5.26 Å². The third-order valence-electron chi connectivity index (χ3n) is 4.93. The van der Waals surface area contributed by atoms with Gasteiger partial charge in [0.05, 0.1) is 30.5 Å². The Morgan fingerprint density at radius 2 is 1.87 bits per heavy atom. The Bertz CT molecular complexity index is 1100. The Hall–Kier alpha value is -3.43. The number of amides is 1. The summed E-state index contributed by atoms with van der Waals surface area (Å²) in [5.41, 5.74) is 2.45. The summed E-state index contributed by atoms with van der Waals surface area (Å²) in [4.78, 5) is 16.2. The molecule has 0 saturated carbocycles. The number of anilines is 1. The third-order valence-corrected chi connectivity index (χ3v) is 6.07. The van der Waals surface area contributed by atoms with Crippen LogP contribution in [0.2, 0.25) is 0 Å². The predicted octanol–water partition coefficient (Wildman–Crippen LogP) is 4.83. The van der Waals surface area contributed by atoms with Crippen LogP contribution >= 0.6 is 11.8 Å². The van der Waals surface area contributed by atoms with E-state index in [1.807, 2.05) is 59.5 Å². The first-order chi connectivity index (χ1) is 14.7. The zero-order valence-corrected chi connectivity index (χ0v) is 17.3. The number of thioether (sulfide) groups is 1. The van der Waals surface area contributed by atoms with Crippen LogP contribution in [-0.2, 0) is 4.79 Å². The fraction of sp³-hybridized carbons (Fsp3) is 0.167. The fourth-order valence-corrected chi connectivity index (χ4v) is 4.65. The molecule has 1 amide bonds. The Balaban J connectivity index is 1.61. The molecule has 0 radical (unpaired) electrons. The third kappa shape index (κ3) is 3.98. The van der Waals surface area contributed by atoms with Gasteiger partial charge in [0.25, 0.3) is 5.91 Å². The fourth-order valence-electron chi connectivity index (χ4n) is 3.48. The lowest BCUT2D eigenvalue weighted by molar-refractivity contribution is -0.121. The molecule has 3 aromatic carbocycles. The lowest BCUT2D eigenvalue weighted by Crippen LogP contribution is -2.41. The molecule has 1 aliphatic rings. The van der Waals surface area contributed by atoms with Gasteiger partial charge in [0.1, 0.15) is 0 Å². The van der Waals surface area contributed by atoms with Crippen molar-refractivity contribution in [3.63, 3.8) is 0 Å². The van der Waals surface area contributed by atoms with Gasteiger partial charge in [0, 0.05) is 16.7 Å². The number of benzene rings is 3. The zero-order chi connectivity index (χ0) is 20.9. The first kappa shape index (κ1) is 19.9. The Kier molecular flexibility index (Phi) is 5.92. The molecule has 0 N–H and O–H groups in total. The summed E-state index contributed by atoms with van der Waals surface area (Å²) in [5.74, 6) is 1.49. The number of rotatable bonds is 5. The summed E-state index contributed by atoms with van der Waals surface area (Å²) in [6.45, 7) is -0.134. The first-order valence-corrected chi connectivity index (χ1v) is 10.5. The molecule has 150 valence electrons. The molecule has 1 unspecified atom stereocenters. The Labute approximate surface area is 179 Å². The van der Waals surface area contributed by atoms with Gasteiger partial charge in [-0.15, -0.1) is 11.8 Å². The minimum atomic E-state index is -0.136. The number of nitriles is 1. The van der Waals surface area contributed by atoms with Gasteiger partial charge in [-0.2, -0.15) is 5.26 Å². The Morgan fingerprint density at radius 3 is 2.63 bits per heavy atom. The predicted molar refractivity (Wildman–Crippen MR) is 117 cm³/mol. The first-order valence-electron chi connectivity index (χ1n) is 9.51. The van der Waals surface area contributed by atoms with Crippen LogP contribution in [-0.4, -0.2) is 25.4 Å². The van der Waals surface area contributed by atoms with Gasteiger partial charge < -0.3 is 9.47 Å². The van der Waals surface area contributed by atoms with E-state index in [9.17, 15) is 4.79 Å². The van der Waals surface area contributed by atoms with Crippen molar-refractivity contribution < 1.29 is 14.3 Å². The van der Waals surface area contributed by atoms with Crippen LogP contribution in [0.1, 0.15) is 17.2 Å². The topological polar surface area (TPSA) is 62.6 Å². The highest BCUT2D eigenvalue weighted by Gasteiger charge is 2.32. The Morgan fingerprint density at radius 1 is 1.10 bits per heavy atom. The molecule has 1 atom stereocenters. The zero-order valence-electron chi connectivity index (χ0n) is 16.4. The smallest absolute Gasteiger partial charge is 0.265 e. The van der Waals surface area contributed by atoms with E-state index < -0.39 is 0 Å². The molecule has 4 rings (SSSR count). The highest BCUT2D eigenvalue weighted by atomic mass is 32.2. The molecule has 1 heterocycles. The number of methoxy groups -OCH3 is 1. The summed E-state index contributed by atoms with van der Waals surface area (Å²) in [7, 11) is 1.51. The molecule has 0 aromatic heterocycles. The van der Waals surface area contributed by atoms with Crippen LogP contribution in [0.3, 0.4) is 0 Å². The molecule has 3 aromatic rings. The molecule has 5 nitrogen and oxygen atoms in total. The van der Waals surface area contributed by atoms with Crippen molar-refractivity contribution >= 4 is 23.4 Å². The second-order valence-corrected chi connectivity index (χ2v) is 7.80. The standard InChI is InChI=1S/C24H20N2O3S/c1-28-22-13-17(14-25)11-12-21(22)29-15-24(27)26-19-9-5-6-10-23(19)30-16-20(26)18-7-3-2-4-8-18/h2-13,20H,15-16H2,1H3. The number of carbonyl (C=O) groups is 1. The van der Waals surface area contributed by atoms with Crippen LogP contribution in [0.15, 0.2) is 77.7 Å². The normalized spacial score (nSPS) is 15.1. The average Bonchev–Trinajstić information content (AvgIpc) is 2.82. The van der Waals surface area contributed by atoms with E-state index in [1.54, 1.807) is 30.0 Å². The van der Waals surface area contributed by atoms with Crippen molar-refractivity contribution in [3.8, 4) is 17.6 Å². The molecule has 0 aliphatic carbocycles. The summed E-state index contributed by atoms with van der Waals surface area (Å²) >= 11 is 1.75. The average molecular weight is 417 g/mol. The summed E-state index contributed by atoms with van der Waals surface area (Å²) in [6.07, 6.45) is 0. The van der Waals surface area contributed by atoms with Gasteiger partial charge in [-0.25, -0.2) is 0 Å². The maximum atomic E-state index is 13.3. The highest BCUT2D eigenvalue weighted by Crippen LogP contribution is 2.43.